The number of fused-ring (bicyclic) bond motifs is 1. The minimum absolute atomic E-state index is 0.286. The molecule has 0 aromatic carbocycles. The van der Waals surface area contributed by atoms with Crippen molar-refractivity contribution in [2.45, 2.75) is 13.3 Å². The van der Waals surface area contributed by atoms with Crippen molar-refractivity contribution in [3.63, 3.8) is 0 Å². The molecule has 1 aliphatic rings. The summed E-state index contributed by atoms with van der Waals surface area (Å²) in [5, 5.41) is 2.93. The molecule has 0 N–H and O–H groups in total. The molecule has 0 saturated carbocycles. The Bertz CT molecular complexity index is 367. The van der Waals surface area contributed by atoms with Crippen LogP contribution in [0.5, 0.6) is 0 Å². The average Bonchev–Trinajstić information content (AvgIpc) is 2.61. The van der Waals surface area contributed by atoms with Crippen molar-refractivity contribution in [2.75, 3.05) is 6.61 Å². The van der Waals surface area contributed by atoms with E-state index in [1.807, 2.05) is 11.4 Å². The Labute approximate surface area is 80.1 Å². The zero-order valence-electron chi connectivity index (χ0n) is 7.24. The Balaban J connectivity index is 2.14. The number of carbonyl (C=O) groups excluding carboxylic acids is 1. The van der Waals surface area contributed by atoms with Gasteiger partial charge < -0.3 is 4.74 Å². The van der Waals surface area contributed by atoms with Crippen molar-refractivity contribution in [1.82, 2.24) is 0 Å². The summed E-state index contributed by atoms with van der Waals surface area (Å²) in [5.74, 6) is -0.286. The standard InChI is InChI=1S/C9H9NO2S/c1-2-12-9(11)7-5-6-3-4-13-8(6)10-7/h3-4H,2,5H2,1H3. The summed E-state index contributed by atoms with van der Waals surface area (Å²) < 4.78 is 4.86. The molecule has 68 valence electrons. The largest absolute Gasteiger partial charge is 0.461 e. The molecule has 0 spiro atoms. The third-order valence-electron chi connectivity index (χ3n) is 1.83. The first-order valence-electron chi connectivity index (χ1n) is 4.12. The van der Waals surface area contributed by atoms with E-state index in [4.69, 9.17) is 4.74 Å². The predicted molar refractivity (Wildman–Crippen MR) is 51.8 cm³/mol. The minimum atomic E-state index is -0.286. The van der Waals surface area contributed by atoms with Crippen LogP contribution in [0.1, 0.15) is 12.5 Å². The zero-order chi connectivity index (χ0) is 9.26. The fraction of sp³-hybridized carbons (Fsp3) is 0.333. The van der Waals surface area contributed by atoms with Crippen LogP contribution in [0.15, 0.2) is 16.4 Å². The quantitative estimate of drug-likeness (QED) is 0.676. The highest BCUT2D eigenvalue weighted by molar-refractivity contribution is 7.14. The maximum absolute atomic E-state index is 11.3. The van der Waals surface area contributed by atoms with E-state index < -0.39 is 0 Å². The summed E-state index contributed by atoms with van der Waals surface area (Å²) in [5.41, 5.74) is 1.66. The molecule has 0 atom stereocenters. The van der Waals surface area contributed by atoms with Gasteiger partial charge in [-0.05, 0) is 23.9 Å². The van der Waals surface area contributed by atoms with E-state index in [2.05, 4.69) is 4.99 Å². The molecule has 0 unspecified atom stereocenters. The Kier molecular flexibility index (Phi) is 2.14. The number of esters is 1. The lowest BCUT2D eigenvalue weighted by Crippen LogP contribution is -2.17. The third-order valence-corrected chi connectivity index (χ3v) is 2.68. The van der Waals surface area contributed by atoms with Gasteiger partial charge in [0.15, 0.2) is 0 Å². The van der Waals surface area contributed by atoms with Gasteiger partial charge in [0, 0.05) is 6.42 Å². The molecule has 1 aromatic rings. The predicted octanol–water partition coefficient (Wildman–Crippen LogP) is 1.94. The molecular formula is C9H9NO2S. The summed E-state index contributed by atoms with van der Waals surface area (Å²) >= 11 is 1.56. The molecule has 0 fully saturated rings. The fourth-order valence-corrected chi connectivity index (χ4v) is 2.05. The van der Waals surface area contributed by atoms with Crippen LogP contribution in [0, 0.1) is 0 Å². The monoisotopic (exact) mass is 195 g/mol. The Morgan fingerprint density at radius 2 is 2.62 bits per heavy atom. The van der Waals surface area contributed by atoms with Gasteiger partial charge >= 0.3 is 5.97 Å². The lowest BCUT2D eigenvalue weighted by Gasteiger charge is -1.98. The molecule has 3 nitrogen and oxygen atoms in total. The number of hydrogen-bond donors (Lipinski definition) is 0. The van der Waals surface area contributed by atoms with Crippen molar-refractivity contribution >= 4 is 28.0 Å². The van der Waals surface area contributed by atoms with E-state index in [0.717, 1.165) is 10.6 Å². The van der Waals surface area contributed by atoms with Gasteiger partial charge in [-0.15, -0.1) is 11.3 Å². The van der Waals surface area contributed by atoms with Gasteiger partial charge in [0.05, 0.1) is 6.61 Å². The molecule has 0 bridgehead atoms. The lowest BCUT2D eigenvalue weighted by atomic mass is 10.2. The summed E-state index contributed by atoms with van der Waals surface area (Å²) in [4.78, 5) is 15.5. The number of hydrogen-bond acceptors (Lipinski definition) is 4. The highest BCUT2D eigenvalue weighted by Crippen LogP contribution is 2.32. The molecule has 4 heteroatoms. The van der Waals surface area contributed by atoms with Crippen molar-refractivity contribution in [2.24, 2.45) is 4.99 Å². The Morgan fingerprint density at radius 3 is 3.31 bits per heavy atom. The maximum atomic E-state index is 11.3. The number of rotatable bonds is 2. The van der Waals surface area contributed by atoms with Crippen LogP contribution in [-0.4, -0.2) is 18.3 Å². The van der Waals surface area contributed by atoms with E-state index in [0.29, 0.717) is 18.7 Å². The zero-order valence-corrected chi connectivity index (χ0v) is 8.06. The first kappa shape index (κ1) is 8.44. The summed E-state index contributed by atoms with van der Waals surface area (Å²) in [6.07, 6.45) is 0.623. The van der Waals surface area contributed by atoms with Crippen LogP contribution in [0.4, 0.5) is 5.00 Å². The Morgan fingerprint density at radius 1 is 1.77 bits per heavy atom. The molecule has 0 aliphatic carbocycles. The topological polar surface area (TPSA) is 38.7 Å². The van der Waals surface area contributed by atoms with Crippen LogP contribution < -0.4 is 0 Å². The normalized spacial score (nSPS) is 13.8. The molecule has 13 heavy (non-hydrogen) atoms. The van der Waals surface area contributed by atoms with Crippen LogP contribution >= 0.6 is 11.3 Å². The number of thiophene rings is 1. The highest BCUT2D eigenvalue weighted by atomic mass is 32.1. The van der Waals surface area contributed by atoms with Crippen molar-refractivity contribution in [3.8, 4) is 0 Å². The van der Waals surface area contributed by atoms with Gasteiger partial charge in [-0.25, -0.2) is 9.79 Å². The van der Waals surface area contributed by atoms with Gasteiger partial charge in [0.1, 0.15) is 10.7 Å². The van der Waals surface area contributed by atoms with Gasteiger partial charge in [-0.1, -0.05) is 0 Å². The second-order valence-electron chi connectivity index (χ2n) is 2.71. The van der Waals surface area contributed by atoms with E-state index >= 15 is 0 Å². The lowest BCUT2D eigenvalue weighted by molar-refractivity contribution is -0.135. The highest BCUT2D eigenvalue weighted by Gasteiger charge is 2.21. The van der Waals surface area contributed by atoms with E-state index in [9.17, 15) is 4.79 Å². The van der Waals surface area contributed by atoms with Gasteiger partial charge in [-0.3, -0.25) is 0 Å². The average molecular weight is 195 g/mol. The van der Waals surface area contributed by atoms with Gasteiger partial charge in [-0.2, -0.15) is 0 Å². The smallest absolute Gasteiger partial charge is 0.353 e. The summed E-state index contributed by atoms with van der Waals surface area (Å²) in [6, 6.07) is 2.00. The second-order valence-corrected chi connectivity index (χ2v) is 3.60. The molecule has 0 amide bonds. The third kappa shape index (κ3) is 1.49. The SMILES string of the molecule is CCOC(=O)C1=Nc2sccc2C1. The van der Waals surface area contributed by atoms with Crippen molar-refractivity contribution < 1.29 is 9.53 Å². The number of nitrogens with zero attached hydrogens (tertiary/aromatic N) is 1. The van der Waals surface area contributed by atoms with Gasteiger partial charge in [0.2, 0.25) is 0 Å². The first-order chi connectivity index (χ1) is 6.31. The first-order valence-corrected chi connectivity index (χ1v) is 5.00. The maximum Gasteiger partial charge on any atom is 0.353 e. The summed E-state index contributed by atoms with van der Waals surface area (Å²) in [6.45, 7) is 2.20. The van der Waals surface area contributed by atoms with Crippen LogP contribution in [-0.2, 0) is 16.0 Å². The van der Waals surface area contributed by atoms with E-state index in [1.54, 1.807) is 18.3 Å². The van der Waals surface area contributed by atoms with Gasteiger partial charge in [0.25, 0.3) is 0 Å². The molecule has 2 rings (SSSR count). The second kappa shape index (κ2) is 3.30. The Hall–Kier alpha value is -1.16. The fourth-order valence-electron chi connectivity index (χ4n) is 1.23. The number of ether oxygens (including phenoxy) is 1. The molecule has 2 heterocycles. The van der Waals surface area contributed by atoms with Crippen LogP contribution in [0.3, 0.4) is 0 Å². The van der Waals surface area contributed by atoms with Crippen molar-refractivity contribution in [3.05, 3.63) is 17.0 Å². The summed E-state index contributed by atoms with van der Waals surface area (Å²) in [7, 11) is 0. The van der Waals surface area contributed by atoms with E-state index in [-0.39, 0.29) is 5.97 Å². The minimum Gasteiger partial charge on any atom is -0.461 e. The molecule has 1 aromatic heterocycles. The number of aliphatic imine (C=N–C) groups is 1. The molecule has 0 radical (unpaired) electrons. The number of carbonyl (C=O) groups is 1. The van der Waals surface area contributed by atoms with E-state index in [1.165, 1.54) is 0 Å². The van der Waals surface area contributed by atoms with Crippen molar-refractivity contribution in [1.29, 1.82) is 0 Å². The molecule has 1 aliphatic heterocycles. The van der Waals surface area contributed by atoms with Crippen LogP contribution in [0.2, 0.25) is 0 Å². The molecular weight excluding hydrogens is 186 g/mol. The van der Waals surface area contributed by atoms with Crippen LogP contribution in [0.25, 0.3) is 0 Å². The molecule has 0 saturated heterocycles.